The molecule has 11 heteroatoms. The first-order valence-electron chi connectivity index (χ1n) is 13.7. The maximum atomic E-state index is 13.0. The number of carbonyl (C=O) groups excluding carboxylic acids is 2. The Morgan fingerprint density at radius 2 is 2.00 bits per heavy atom. The third-order valence-electron chi connectivity index (χ3n) is 7.77. The number of nitrogens with two attached hydrogens (primary N) is 1. The van der Waals surface area contributed by atoms with Crippen molar-refractivity contribution in [2.45, 2.75) is 18.9 Å². The summed E-state index contributed by atoms with van der Waals surface area (Å²) in [7, 11) is 1.86. The maximum Gasteiger partial charge on any atom is 0.251 e. The Morgan fingerprint density at radius 3 is 2.79 bits per heavy atom. The number of aryl methyl sites for hydroxylation is 2. The summed E-state index contributed by atoms with van der Waals surface area (Å²) in [6, 6.07) is 17.7. The first kappa shape index (κ1) is 26.1. The molecule has 43 heavy (non-hydrogen) atoms. The highest BCUT2D eigenvalue weighted by Crippen LogP contribution is 2.36. The van der Waals surface area contributed by atoms with Gasteiger partial charge in [0, 0.05) is 36.3 Å². The van der Waals surface area contributed by atoms with E-state index in [0.717, 1.165) is 40.9 Å². The van der Waals surface area contributed by atoms with Gasteiger partial charge in [-0.3, -0.25) is 18.8 Å². The molecule has 0 saturated carbocycles. The number of aromatic nitrogens is 6. The second kappa shape index (κ2) is 10.2. The molecule has 6 aromatic rings. The van der Waals surface area contributed by atoms with E-state index in [-0.39, 0.29) is 23.3 Å². The van der Waals surface area contributed by atoms with Crippen molar-refractivity contribution >= 4 is 29.2 Å². The number of imidazole rings is 1. The average Bonchev–Trinajstić information content (AvgIpc) is 3.73. The number of aromatic hydroxyl groups is 1. The summed E-state index contributed by atoms with van der Waals surface area (Å²) in [4.78, 5) is 38.5. The second-order valence-corrected chi connectivity index (χ2v) is 10.5. The monoisotopic (exact) mass is 570 g/mol. The third-order valence-corrected chi connectivity index (χ3v) is 7.77. The number of carbonyl (C=O) groups is 2. The van der Waals surface area contributed by atoms with E-state index in [1.807, 2.05) is 54.2 Å². The van der Waals surface area contributed by atoms with Gasteiger partial charge in [0.15, 0.2) is 17.8 Å². The lowest BCUT2D eigenvalue weighted by Gasteiger charge is -2.16. The number of hydrogen-bond acceptors (Lipinski definition) is 8. The van der Waals surface area contributed by atoms with Crippen LogP contribution in [-0.2, 0) is 13.5 Å². The fraction of sp³-hybridized carbons (Fsp3) is 0.125. The number of nitrogen functional groups attached to an aromatic ring is 1. The van der Waals surface area contributed by atoms with Crippen molar-refractivity contribution in [2.24, 2.45) is 7.05 Å². The molecule has 1 amide bonds. The van der Waals surface area contributed by atoms with Crippen LogP contribution in [0.25, 0.3) is 39.5 Å². The number of pyridine rings is 2. The molecular weight excluding hydrogens is 544 g/mol. The number of benzene rings is 2. The summed E-state index contributed by atoms with van der Waals surface area (Å²) < 4.78 is 3.73. The Hall–Kier alpha value is -5.84. The van der Waals surface area contributed by atoms with Gasteiger partial charge in [-0.2, -0.15) is 5.10 Å². The SMILES string of the molecule is Cn1cc(-c2ccc3nc(-c4cccnc4N)n(-c4ccc5c(c4)CC[C@@H]5NC(=O)c4ccc(O)c(C=O)c4)c3n2)cn1. The number of anilines is 1. The third kappa shape index (κ3) is 4.56. The van der Waals surface area contributed by atoms with Crippen LogP contribution in [0.15, 0.2) is 79.3 Å². The lowest BCUT2D eigenvalue weighted by atomic mass is 10.1. The number of nitrogens with one attached hydrogen (secondary N) is 1. The fourth-order valence-corrected chi connectivity index (χ4v) is 5.63. The highest BCUT2D eigenvalue weighted by molar-refractivity contribution is 5.96. The summed E-state index contributed by atoms with van der Waals surface area (Å²) in [5.41, 5.74) is 13.4. The molecule has 0 bridgehead atoms. The van der Waals surface area contributed by atoms with E-state index < -0.39 is 0 Å². The topological polar surface area (TPSA) is 154 Å². The number of phenolic OH excluding ortho intramolecular Hbond substituents is 1. The summed E-state index contributed by atoms with van der Waals surface area (Å²) in [6.07, 6.45) is 7.34. The molecule has 4 heterocycles. The molecule has 1 aliphatic rings. The van der Waals surface area contributed by atoms with Crippen LogP contribution in [0.5, 0.6) is 5.75 Å². The van der Waals surface area contributed by atoms with Gasteiger partial charge in [-0.1, -0.05) is 6.07 Å². The van der Waals surface area contributed by atoms with Crippen molar-refractivity contribution in [2.75, 3.05) is 5.73 Å². The Kier molecular flexibility index (Phi) is 6.19. The van der Waals surface area contributed by atoms with Crippen LogP contribution in [0.1, 0.15) is 44.3 Å². The van der Waals surface area contributed by atoms with Crippen molar-refractivity contribution in [3.63, 3.8) is 0 Å². The van der Waals surface area contributed by atoms with Gasteiger partial charge in [-0.15, -0.1) is 0 Å². The van der Waals surface area contributed by atoms with Crippen molar-refractivity contribution in [1.82, 2.24) is 34.6 Å². The van der Waals surface area contributed by atoms with E-state index in [0.29, 0.717) is 40.2 Å². The normalized spacial score (nSPS) is 14.1. The van der Waals surface area contributed by atoms with Crippen molar-refractivity contribution < 1.29 is 14.7 Å². The summed E-state index contributed by atoms with van der Waals surface area (Å²) in [5, 5.41) is 17.2. The number of aldehydes is 1. The smallest absolute Gasteiger partial charge is 0.251 e. The van der Waals surface area contributed by atoms with Crippen molar-refractivity contribution in [1.29, 1.82) is 0 Å². The highest BCUT2D eigenvalue weighted by atomic mass is 16.3. The minimum Gasteiger partial charge on any atom is -0.507 e. The van der Waals surface area contributed by atoms with Gasteiger partial charge < -0.3 is 16.2 Å². The predicted molar refractivity (Wildman–Crippen MR) is 161 cm³/mol. The van der Waals surface area contributed by atoms with Gasteiger partial charge in [0.2, 0.25) is 0 Å². The van der Waals surface area contributed by atoms with E-state index in [2.05, 4.69) is 21.5 Å². The number of fused-ring (bicyclic) bond motifs is 2. The molecular formula is C32H26N8O3. The van der Waals surface area contributed by atoms with E-state index in [4.69, 9.17) is 15.7 Å². The van der Waals surface area contributed by atoms with Crippen LogP contribution < -0.4 is 11.1 Å². The quantitative estimate of drug-likeness (QED) is 0.249. The average molecular weight is 571 g/mol. The standard InChI is InChI=1S/C32H26N8O3/c1-39-16-21(15-35-39)25-9-10-27-31(36-25)40(30(37-27)24-3-2-12-34-29(24)33)22-6-7-23-18(14-22)4-8-26(23)38-32(43)19-5-11-28(42)20(13-19)17-41/h2-3,5-7,9-17,26,42H,4,8H2,1H3,(H2,33,34)(H,38,43)/t26-/m0/s1. The van der Waals surface area contributed by atoms with Gasteiger partial charge in [0.25, 0.3) is 5.91 Å². The molecule has 11 nitrogen and oxygen atoms in total. The minimum atomic E-state index is -0.313. The Labute approximate surface area is 245 Å². The number of amides is 1. The summed E-state index contributed by atoms with van der Waals surface area (Å²) in [5.74, 6) is 0.513. The van der Waals surface area contributed by atoms with Crippen LogP contribution in [0.4, 0.5) is 5.82 Å². The van der Waals surface area contributed by atoms with E-state index in [1.165, 1.54) is 18.2 Å². The van der Waals surface area contributed by atoms with Crippen LogP contribution in [-0.4, -0.2) is 46.6 Å². The Morgan fingerprint density at radius 1 is 1.12 bits per heavy atom. The molecule has 7 rings (SSSR count). The van der Waals surface area contributed by atoms with E-state index in [1.54, 1.807) is 17.1 Å². The fourth-order valence-electron chi connectivity index (χ4n) is 5.63. The van der Waals surface area contributed by atoms with Crippen LogP contribution in [0.3, 0.4) is 0 Å². The molecule has 4 N–H and O–H groups in total. The highest BCUT2D eigenvalue weighted by Gasteiger charge is 2.26. The zero-order valence-electron chi connectivity index (χ0n) is 23.1. The molecule has 0 radical (unpaired) electrons. The molecule has 0 saturated heterocycles. The maximum absolute atomic E-state index is 13.0. The molecule has 0 fully saturated rings. The number of nitrogens with zero attached hydrogens (tertiary/aromatic N) is 6. The molecule has 0 aliphatic heterocycles. The lowest BCUT2D eigenvalue weighted by Crippen LogP contribution is -2.27. The van der Waals surface area contributed by atoms with Crippen LogP contribution in [0, 0.1) is 0 Å². The molecule has 212 valence electrons. The molecule has 4 aromatic heterocycles. The van der Waals surface area contributed by atoms with Gasteiger partial charge in [0.05, 0.1) is 29.1 Å². The van der Waals surface area contributed by atoms with Crippen LogP contribution >= 0.6 is 0 Å². The molecule has 1 atom stereocenters. The molecule has 0 unspecified atom stereocenters. The van der Waals surface area contributed by atoms with Gasteiger partial charge in [-0.25, -0.2) is 15.0 Å². The molecule has 0 spiro atoms. The zero-order chi connectivity index (χ0) is 29.7. The first-order chi connectivity index (χ1) is 20.9. The van der Waals surface area contributed by atoms with Gasteiger partial charge in [-0.05, 0) is 78.6 Å². The summed E-state index contributed by atoms with van der Waals surface area (Å²) in [6.45, 7) is 0. The number of phenols is 1. The number of rotatable bonds is 6. The molecule has 1 aliphatic carbocycles. The van der Waals surface area contributed by atoms with Gasteiger partial charge >= 0.3 is 0 Å². The van der Waals surface area contributed by atoms with E-state index in [9.17, 15) is 14.7 Å². The first-order valence-corrected chi connectivity index (χ1v) is 13.7. The van der Waals surface area contributed by atoms with E-state index >= 15 is 0 Å². The minimum absolute atomic E-state index is 0.0713. The zero-order valence-corrected chi connectivity index (χ0v) is 23.1. The predicted octanol–water partition coefficient (Wildman–Crippen LogP) is 4.40. The van der Waals surface area contributed by atoms with Gasteiger partial charge in [0.1, 0.15) is 17.1 Å². The Bertz CT molecular complexity index is 2060. The second-order valence-electron chi connectivity index (χ2n) is 10.5. The molecule has 2 aromatic carbocycles. The Balaban J connectivity index is 1.29. The van der Waals surface area contributed by atoms with Crippen molar-refractivity contribution in [3.05, 3.63) is 102 Å². The van der Waals surface area contributed by atoms with Crippen LogP contribution in [0.2, 0.25) is 0 Å². The lowest BCUT2D eigenvalue weighted by molar-refractivity contribution is 0.0936. The number of hydrogen-bond donors (Lipinski definition) is 3. The largest absolute Gasteiger partial charge is 0.507 e. The van der Waals surface area contributed by atoms with Crippen molar-refractivity contribution in [3.8, 4) is 34.1 Å². The summed E-state index contributed by atoms with van der Waals surface area (Å²) >= 11 is 0.